The zero-order chi connectivity index (χ0) is 15.9. The summed E-state index contributed by atoms with van der Waals surface area (Å²) in [5.41, 5.74) is 5.15. The molecule has 5 unspecified atom stereocenters. The molecule has 0 spiro atoms. The number of hydrogen-bond acceptors (Lipinski definition) is 7. The van der Waals surface area contributed by atoms with Gasteiger partial charge in [0.1, 0.15) is 29.8 Å². The predicted molar refractivity (Wildman–Crippen MR) is 78.8 cm³/mol. The molecule has 0 radical (unpaired) electrons. The number of halogens is 1. The molecule has 3 heterocycles. The van der Waals surface area contributed by atoms with Gasteiger partial charge in [-0.05, 0) is 13.0 Å². The van der Waals surface area contributed by atoms with Gasteiger partial charge >= 0.3 is 0 Å². The molecule has 3 aliphatic heterocycles. The van der Waals surface area contributed by atoms with Crippen molar-refractivity contribution in [2.75, 3.05) is 13.2 Å². The first-order chi connectivity index (χ1) is 10.5. The van der Waals surface area contributed by atoms with Crippen molar-refractivity contribution in [3.05, 3.63) is 23.9 Å². The zero-order valence-corrected chi connectivity index (χ0v) is 12.1. The Morgan fingerprint density at radius 3 is 3.05 bits per heavy atom. The smallest absolute Gasteiger partial charge is 0.155 e. The van der Waals surface area contributed by atoms with E-state index in [9.17, 15) is 14.6 Å². The largest absolute Gasteiger partial charge is 0.393 e. The predicted octanol–water partition coefficient (Wildman–Crippen LogP) is -0.479. The number of hydrogen-bond donors (Lipinski definition) is 3. The Morgan fingerprint density at radius 2 is 2.36 bits per heavy atom. The van der Waals surface area contributed by atoms with Crippen molar-refractivity contribution < 1.29 is 19.3 Å². The number of aliphatic hydroxyl groups is 2. The summed E-state index contributed by atoms with van der Waals surface area (Å²) in [4.78, 5) is 3.92. The molecule has 0 amide bonds. The lowest BCUT2D eigenvalue weighted by Gasteiger charge is -2.29. The van der Waals surface area contributed by atoms with E-state index in [1.54, 1.807) is 23.2 Å². The van der Waals surface area contributed by atoms with Gasteiger partial charge in [-0.25, -0.2) is 9.38 Å². The van der Waals surface area contributed by atoms with Crippen molar-refractivity contribution in [2.45, 2.75) is 30.9 Å². The molecular weight excluding hydrogens is 291 g/mol. The highest BCUT2D eigenvalue weighted by atomic mass is 19.1. The van der Waals surface area contributed by atoms with Gasteiger partial charge in [0.25, 0.3) is 0 Å². The van der Waals surface area contributed by atoms with E-state index in [1.807, 2.05) is 0 Å². The second-order valence-electron chi connectivity index (χ2n) is 5.87. The molecule has 1 saturated heterocycles. The molecular formula is C14H19FN4O3. The zero-order valence-electron chi connectivity index (χ0n) is 12.1. The first-order valence-corrected chi connectivity index (χ1v) is 7.09. The number of nitrogens with zero attached hydrogens (tertiary/aromatic N) is 3. The number of fused-ring (bicyclic) bond motifs is 1. The molecule has 3 rings (SSSR count). The minimum atomic E-state index is -1.59. The van der Waals surface area contributed by atoms with Gasteiger partial charge in [0.15, 0.2) is 12.0 Å². The number of alkyl halides is 1. The number of aliphatic imine (C=N–C) groups is 1. The molecule has 22 heavy (non-hydrogen) atoms. The number of amidine groups is 1. The van der Waals surface area contributed by atoms with Gasteiger partial charge in [0.05, 0.1) is 13.2 Å². The quantitative estimate of drug-likeness (QED) is 0.639. The lowest BCUT2D eigenvalue weighted by molar-refractivity contribution is -0.107. The highest BCUT2D eigenvalue weighted by Gasteiger charge is 2.54. The van der Waals surface area contributed by atoms with Crippen LogP contribution >= 0.6 is 0 Å². The fourth-order valence-corrected chi connectivity index (χ4v) is 2.91. The molecule has 4 N–H and O–H groups in total. The molecule has 5 atom stereocenters. The fraction of sp³-hybridized carbons (Fsp3) is 0.571. The molecule has 0 saturated carbocycles. The van der Waals surface area contributed by atoms with Crippen molar-refractivity contribution in [1.29, 1.82) is 0 Å². The summed E-state index contributed by atoms with van der Waals surface area (Å²) < 4.78 is 20.1. The van der Waals surface area contributed by atoms with Gasteiger partial charge in [-0.3, -0.25) is 5.01 Å². The molecule has 0 aromatic rings. The number of aliphatic hydroxyl groups excluding tert-OH is 2. The molecule has 3 aliphatic rings. The lowest BCUT2D eigenvalue weighted by atomic mass is 9.93. The molecule has 1 fully saturated rings. The summed E-state index contributed by atoms with van der Waals surface area (Å²) in [6, 6.07) is 0. The van der Waals surface area contributed by atoms with Crippen LogP contribution in [0, 0.1) is 5.92 Å². The number of allylic oxidation sites excluding steroid dienone is 2. The first kappa shape index (κ1) is 15.1. The average Bonchev–Trinajstić information content (AvgIpc) is 2.69. The van der Waals surface area contributed by atoms with Gasteiger partial charge in [-0.15, -0.1) is 0 Å². The fourth-order valence-electron chi connectivity index (χ4n) is 2.91. The van der Waals surface area contributed by atoms with Crippen molar-refractivity contribution in [3.63, 3.8) is 0 Å². The third kappa shape index (κ3) is 2.33. The van der Waals surface area contributed by atoms with Crippen LogP contribution in [0.3, 0.4) is 0 Å². The van der Waals surface area contributed by atoms with Crippen LogP contribution in [0.4, 0.5) is 4.39 Å². The van der Waals surface area contributed by atoms with Crippen LogP contribution in [-0.4, -0.2) is 64.5 Å². The monoisotopic (exact) mass is 310 g/mol. The first-order valence-electron chi connectivity index (χ1n) is 7.09. The highest BCUT2D eigenvalue weighted by Crippen LogP contribution is 2.37. The summed E-state index contributed by atoms with van der Waals surface area (Å²) in [5.74, 6) is -0.0144. The number of rotatable bonds is 2. The number of ether oxygens (including phenoxy) is 1. The van der Waals surface area contributed by atoms with Crippen molar-refractivity contribution >= 4 is 12.2 Å². The van der Waals surface area contributed by atoms with Crippen LogP contribution in [0.5, 0.6) is 0 Å². The van der Waals surface area contributed by atoms with Crippen molar-refractivity contribution in [3.8, 4) is 0 Å². The van der Waals surface area contributed by atoms with Crippen molar-refractivity contribution in [2.24, 2.45) is 21.7 Å². The second-order valence-corrected chi connectivity index (χ2v) is 5.87. The van der Waals surface area contributed by atoms with Crippen LogP contribution in [0.2, 0.25) is 0 Å². The molecule has 8 heteroatoms. The van der Waals surface area contributed by atoms with E-state index >= 15 is 0 Å². The summed E-state index contributed by atoms with van der Waals surface area (Å²) in [7, 11) is 0. The lowest BCUT2D eigenvalue weighted by Crippen LogP contribution is -2.42. The van der Waals surface area contributed by atoms with Crippen LogP contribution in [0.25, 0.3) is 0 Å². The van der Waals surface area contributed by atoms with E-state index < -0.39 is 30.6 Å². The van der Waals surface area contributed by atoms with E-state index in [0.29, 0.717) is 18.1 Å². The Bertz CT molecular complexity index is 576. The molecule has 7 nitrogen and oxygen atoms in total. The standard InChI is InChI=1S/C14H19FN4O3/c1-14(6-20)12(21)10(15)11(22-14)8-3-2-4-9-13(16)17-7-18-19(9)5-8/h2-4,7-8,10-12,20-21H,5-6H2,1H3,(H2,16,17,18). The van der Waals surface area contributed by atoms with Crippen LogP contribution in [0.1, 0.15) is 6.92 Å². The molecule has 0 aromatic heterocycles. The summed E-state index contributed by atoms with van der Waals surface area (Å²) in [5, 5.41) is 25.1. The van der Waals surface area contributed by atoms with Gasteiger partial charge in [0, 0.05) is 5.92 Å². The van der Waals surface area contributed by atoms with Crippen LogP contribution < -0.4 is 5.73 Å². The topological polar surface area (TPSA) is 104 Å². The minimum absolute atomic E-state index is 0.338. The minimum Gasteiger partial charge on any atom is -0.393 e. The Kier molecular flexibility index (Phi) is 3.75. The maximum absolute atomic E-state index is 14.4. The van der Waals surface area contributed by atoms with Gasteiger partial charge in [0.2, 0.25) is 0 Å². The third-order valence-corrected chi connectivity index (χ3v) is 4.31. The van der Waals surface area contributed by atoms with E-state index in [4.69, 9.17) is 10.5 Å². The van der Waals surface area contributed by atoms with E-state index in [-0.39, 0.29) is 5.92 Å². The molecule has 120 valence electrons. The van der Waals surface area contributed by atoms with E-state index in [0.717, 1.165) is 0 Å². The van der Waals surface area contributed by atoms with Gasteiger partial charge < -0.3 is 20.7 Å². The van der Waals surface area contributed by atoms with E-state index in [2.05, 4.69) is 10.1 Å². The summed E-state index contributed by atoms with van der Waals surface area (Å²) in [6.45, 7) is 1.39. The molecule has 0 aliphatic carbocycles. The Balaban J connectivity index is 1.81. The van der Waals surface area contributed by atoms with Crippen LogP contribution in [0.15, 0.2) is 34.0 Å². The van der Waals surface area contributed by atoms with Crippen LogP contribution in [-0.2, 0) is 4.74 Å². The third-order valence-electron chi connectivity index (χ3n) is 4.31. The molecule has 0 bridgehead atoms. The Hall–Kier alpha value is -1.77. The summed E-state index contributed by atoms with van der Waals surface area (Å²) >= 11 is 0. The highest BCUT2D eigenvalue weighted by molar-refractivity contribution is 6.01. The Labute approximate surface area is 127 Å². The number of hydrazone groups is 1. The van der Waals surface area contributed by atoms with Crippen molar-refractivity contribution in [1.82, 2.24) is 5.01 Å². The SMILES string of the molecule is CC1(CO)OC(C2C=CC=C3C(N)=NC=NN3C2)C(F)C1O. The second kappa shape index (κ2) is 5.45. The summed E-state index contributed by atoms with van der Waals surface area (Å²) in [6.07, 6.45) is 2.80. The average molecular weight is 310 g/mol. The number of nitrogens with two attached hydrogens (primary N) is 1. The Morgan fingerprint density at radius 1 is 1.59 bits per heavy atom. The van der Waals surface area contributed by atoms with E-state index in [1.165, 1.54) is 13.3 Å². The molecule has 0 aromatic carbocycles. The normalized spacial score (nSPS) is 41.0. The maximum Gasteiger partial charge on any atom is 0.155 e. The van der Waals surface area contributed by atoms with Gasteiger partial charge in [-0.1, -0.05) is 12.2 Å². The van der Waals surface area contributed by atoms with Gasteiger partial charge in [-0.2, -0.15) is 5.10 Å². The maximum atomic E-state index is 14.4.